The van der Waals surface area contributed by atoms with E-state index in [1.165, 1.54) is 43.5 Å². The summed E-state index contributed by atoms with van der Waals surface area (Å²) in [6, 6.07) is 9.63. The van der Waals surface area contributed by atoms with E-state index in [0.29, 0.717) is 17.7 Å². The van der Waals surface area contributed by atoms with Gasteiger partial charge in [0.2, 0.25) is 12.3 Å². The first kappa shape index (κ1) is 33.8. The number of fused-ring (bicyclic) bond motifs is 1. The van der Waals surface area contributed by atoms with Crippen LogP contribution in [0.2, 0.25) is 0 Å². The molecule has 17 nitrogen and oxygen atoms in total. The number of methoxy groups -OCH3 is 1. The van der Waals surface area contributed by atoms with Crippen molar-refractivity contribution in [1.82, 2.24) is 10.2 Å². The number of nitrogens with zero attached hydrogens (tertiary/aromatic N) is 5. The fourth-order valence-corrected chi connectivity index (χ4v) is 5.07. The first-order valence-corrected chi connectivity index (χ1v) is 14.7. The van der Waals surface area contributed by atoms with Crippen molar-refractivity contribution in [2.24, 2.45) is 20.2 Å². The van der Waals surface area contributed by atoms with Crippen LogP contribution in [0.25, 0.3) is 10.8 Å². The number of anilines is 1. The molecule has 7 N–H and O–H groups in total. The lowest BCUT2D eigenvalue weighted by atomic mass is 10.1. The average molecular weight is 688 g/mol. The predicted molar refractivity (Wildman–Crippen MR) is 160 cm³/mol. The zero-order chi connectivity index (χ0) is 32.7. The van der Waals surface area contributed by atoms with Crippen molar-refractivity contribution in [2.45, 2.75) is 16.1 Å². The monoisotopic (exact) mass is 687 g/mol. The molecule has 0 spiro atoms. The Hall–Kier alpha value is -4.12. The van der Waals surface area contributed by atoms with Crippen LogP contribution in [0.5, 0.6) is 5.75 Å². The number of phenols is 1. The molecule has 21 heteroatoms. The molecule has 1 unspecified atom stereocenters. The Morgan fingerprint density at radius 2 is 1.91 bits per heavy atom. The quantitative estimate of drug-likeness (QED) is 0.0162. The van der Waals surface area contributed by atoms with Gasteiger partial charge >= 0.3 is 0 Å². The summed E-state index contributed by atoms with van der Waals surface area (Å²) < 4.78 is 58.1. The number of nitrogens with one attached hydrogen (secondary N) is 2. The molecule has 0 bridgehead atoms. The first-order valence-electron chi connectivity index (χ1n) is 12.2. The number of guanidine groups is 1. The second-order valence-electron chi connectivity index (χ2n) is 8.61. The smallest absolute Gasteiger partial charge is 0.296 e. The summed E-state index contributed by atoms with van der Waals surface area (Å²) >= 11 is 6.57. The standard InChI is InChI=1S/C24H23ClFN7O10S2/c1-41-9-27-16-8-15(44-43-42-37)6-12-7-17(45(38,39)40)20(21(36)18(12)16)32-31-14-4-2-13(3-5-14)28-23-19(25)22(26)29-24(30-23)33(10-34)11-35/h2-9,22,28,34-37H,10-11H2,1H3,(H,29,30)(H,38,39,40). The minimum absolute atomic E-state index is 0.0126. The molecule has 1 heterocycles. The van der Waals surface area contributed by atoms with Crippen LogP contribution < -0.4 is 10.6 Å². The number of aliphatic hydroxyl groups is 2. The van der Waals surface area contributed by atoms with Gasteiger partial charge in [0, 0.05) is 10.6 Å². The van der Waals surface area contributed by atoms with Gasteiger partial charge in [-0.3, -0.25) is 9.45 Å². The largest absolute Gasteiger partial charge is 0.505 e. The lowest BCUT2D eigenvalue weighted by Gasteiger charge is -2.28. The maximum absolute atomic E-state index is 14.4. The highest BCUT2D eigenvalue weighted by molar-refractivity contribution is 7.94. The van der Waals surface area contributed by atoms with Gasteiger partial charge in [0.25, 0.3) is 10.1 Å². The summed E-state index contributed by atoms with van der Waals surface area (Å²) in [6.45, 7) is -1.30. The number of aliphatic imine (C=N–C) groups is 2. The van der Waals surface area contributed by atoms with E-state index in [9.17, 15) is 32.7 Å². The van der Waals surface area contributed by atoms with Gasteiger partial charge < -0.3 is 30.7 Å². The van der Waals surface area contributed by atoms with Gasteiger partial charge in [-0.15, -0.1) is 9.45 Å². The van der Waals surface area contributed by atoms with Crippen LogP contribution in [0.1, 0.15) is 0 Å². The minimum atomic E-state index is -4.95. The van der Waals surface area contributed by atoms with Crippen LogP contribution in [-0.4, -0.2) is 77.7 Å². The zero-order valence-electron chi connectivity index (χ0n) is 22.7. The fourth-order valence-electron chi connectivity index (χ4n) is 3.83. The van der Waals surface area contributed by atoms with Gasteiger partial charge in [-0.05, 0) is 47.9 Å². The minimum Gasteiger partial charge on any atom is -0.505 e. The summed E-state index contributed by atoms with van der Waals surface area (Å²) in [5, 5.41) is 55.0. The van der Waals surface area contributed by atoms with Gasteiger partial charge in [-0.25, -0.2) is 19.6 Å². The molecule has 3 aromatic rings. The molecule has 1 aliphatic heterocycles. The highest BCUT2D eigenvalue weighted by Gasteiger charge is 2.26. The number of alkyl halides is 1. The van der Waals surface area contributed by atoms with Gasteiger partial charge in [-0.1, -0.05) is 16.6 Å². The number of hydrogen-bond donors (Lipinski definition) is 7. The summed E-state index contributed by atoms with van der Waals surface area (Å²) in [5.74, 6) is -0.879. The summed E-state index contributed by atoms with van der Waals surface area (Å²) in [5.41, 5.74) is 0.0113. The molecule has 0 saturated carbocycles. The number of aromatic hydroxyl groups is 1. The second kappa shape index (κ2) is 14.8. The van der Waals surface area contributed by atoms with Gasteiger partial charge in [-0.2, -0.15) is 13.5 Å². The second-order valence-corrected chi connectivity index (χ2v) is 11.2. The third-order valence-electron chi connectivity index (χ3n) is 5.80. The molecule has 3 aromatic carbocycles. The number of benzene rings is 3. The van der Waals surface area contributed by atoms with Crippen LogP contribution in [-0.2, 0) is 24.2 Å². The molecular formula is C24H23ClFN7O10S2. The van der Waals surface area contributed by atoms with E-state index in [-0.39, 0.29) is 43.9 Å². The lowest BCUT2D eigenvalue weighted by molar-refractivity contribution is -0.432. The third-order valence-corrected chi connectivity index (χ3v) is 7.60. The number of aliphatic hydroxyl groups excluding tert-OH is 2. The summed E-state index contributed by atoms with van der Waals surface area (Å²) in [7, 11) is -3.62. The molecule has 4 rings (SSSR count). The van der Waals surface area contributed by atoms with Crippen molar-refractivity contribution in [3.8, 4) is 5.75 Å². The topological polar surface area (TPSA) is 240 Å². The SMILES string of the molecule is COC=Nc1cc(SOOO)cc2cc(S(=O)(=O)O)c(N=Nc3ccc(NC4=C(Cl)C(F)N=C(N(CO)CO)N4)cc3)c(O)c12. The Morgan fingerprint density at radius 3 is 2.53 bits per heavy atom. The number of rotatable bonds is 12. The molecule has 240 valence electrons. The molecule has 1 atom stereocenters. The van der Waals surface area contributed by atoms with Crippen molar-refractivity contribution in [1.29, 1.82) is 0 Å². The molecule has 1 aliphatic rings. The van der Waals surface area contributed by atoms with Crippen molar-refractivity contribution in [3.63, 3.8) is 0 Å². The Morgan fingerprint density at radius 1 is 1.20 bits per heavy atom. The van der Waals surface area contributed by atoms with E-state index >= 15 is 0 Å². The van der Waals surface area contributed by atoms with Crippen molar-refractivity contribution >= 4 is 79.6 Å². The Labute approximate surface area is 262 Å². The van der Waals surface area contributed by atoms with Crippen LogP contribution in [0.15, 0.2) is 83.3 Å². The first-order chi connectivity index (χ1) is 21.5. The molecule has 0 saturated heterocycles. The number of phenolic OH excluding ortho intramolecular Hbond substituents is 1. The van der Waals surface area contributed by atoms with Gasteiger partial charge in [0.15, 0.2) is 12.2 Å². The maximum Gasteiger partial charge on any atom is 0.296 e. The van der Waals surface area contributed by atoms with Crippen LogP contribution in [0.3, 0.4) is 0 Å². The molecule has 0 aromatic heterocycles. The molecule has 0 radical (unpaired) electrons. The highest BCUT2D eigenvalue weighted by Crippen LogP contribution is 2.46. The van der Waals surface area contributed by atoms with Crippen molar-refractivity contribution in [2.75, 3.05) is 25.9 Å². The fraction of sp³-hybridized carbons (Fsp3) is 0.167. The zero-order valence-corrected chi connectivity index (χ0v) is 25.1. The molecular weight excluding hydrogens is 665 g/mol. The number of azo groups is 1. The maximum atomic E-state index is 14.4. The summed E-state index contributed by atoms with van der Waals surface area (Å²) in [4.78, 5) is 8.12. The van der Waals surface area contributed by atoms with Gasteiger partial charge in [0.1, 0.15) is 34.9 Å². The Kier molecular flexibility index (Phi) is 11.1. The van der Waals surface area contributed by atoms with Crippen LogP contribution in [0, 0.1) is 0 Å². The molecule has 0 fully saturated rings. The Bertz CT molecular complexity index is 1790. The lowest BCUT2D eigenvalue weighted by Crippen LogP contribution is -2.46. The van der Waals surface area contributed by atoms with Crippen molar-refractivity contribution < 1.29 is 52.0 Å². The average Bonchev–Trinajstić information content (AvgIpc) is 3.01. The Balaban J connectivity index is 1.68. The van der Waals surface area contributed by atoms with Gasteiger partial charge in [0.05, 0.1) is 35.9 Å². The predicted octanol–water partition coefficient (Wildman–Crippen LogP) is 4.22. The third kappa shape index (κ3) is 7.94. The highest BCUT2D eigenvalue weighted by atomic mass is 35.5. The molecule has 45 heavy (non-hydrogen) atoms. The van der Waals surface area contributed by atoms with E-state index in [1.807, 2.05) is 0 Å². The van der Waals surface area contributed by atoms with Crippen LogP contribution in [0.4, 0.5) is 27.1 Å². The van der Waals surface area contributed by atoms with E-state index < -0.39 is 46.2 Å². The van der Waals surface area contributed by atoms with Crippen LogP contribution >= 0.6 is 23.6 Å². The molecule has 0 amide bonds. The summed E-state index contributed by atoms with van der Waals surface area (Å²) in [6.07, 6.45) is -0.929. The number of halogens is 2. The normalized spacial score (nSPS) is 15.5. The van der Waals surface area contributed by atoms with Crippen molar-refractivity contribution in [3.05, 3.63) is 53.3 Å². The molecule has 0 aliphatic carbocycles. The van der Waals surface area contributed by atoms with E-state index in [1.54, 1.807) is 0 Å². The van der Waals surface area contributed by atoms with E-state index in [4.69, 9.17) is 21.6 Å². The van der Waals surface area contributed by atoms with E-state index in [2.05, 4.69) is 40.2 Å². The number of hydrogen-bond acceptors (Lipinski definition) is 17. The van der Waals surface area contributed by atoms with E-state index in [0.717, 1.165) is 17.4 Å². The number of ether oxygens (including phenoxy) is 1.